The van der Waals surface area contributed by atoms with Crippen LogP contribution in [0.2, 0.25) is 0 Å². The Kier molecular flexibility index (Phi) is 3.94. The van der Waals surface area contributed by atoms with Gasteiger partial charge in [-0.15, -0.1) is 0 Å². The SMILES string of the molecule is CC(C)c1n[nH]c2c1CN(Cc1cc(-c3ccccc3)no1)CC2. The molecule has 0 saturated heterocycles. The number of nitrogens with one attached hydrogen (secondary N) is 1. The van der Waals surface area contributed by atoms with E-state index in [9.17, 15) is 0 Å². The highest BCUT2D eigenvalue weighted by atomic mass is 16.5. The lowest BCUT2D eigenvalue weighted by Crippen LogP contribution is -2.30. The highest BCUT2D eigenvalue weighted by Crippen LogP contribution is 2.27. The van der Waals surface area contributed by atoms with Gasteiger partial charge in [-0.1, -0.05) is 49.3 Å². The Hall–Kier alpha value is -2.40. The monoisotopic (exact) mass is 322 g/mol. The first kappa shape index (κ1) is 15.1. The van der Waals surface area contributed by atoms with E-state index in [1.54, 1.807) is 0 Å². The van der Waals surface area contributed by atoms with Crippen LogP contribution < -0.4 is 0 Å². The standard InChI is InChI=1S/C19H22N4O/c1-13(2)19-16-12-23(9-8-17(16)20-21-19)11-15-10-18(22-24-15)14-6-4-3-5-7-14/h3-7,10,13H,8-9,11-12H2,1-2H3,(H,20,21). The molecule has 3 heterocycles. The highest BCUT2D eigenvalue weighted by Gasteiger charge is 2.24. The van der Waals surface area contributed by atoms with Crippen LogP contribution in [-0.2, 0) is 19.5 Å². The van der Waals surface area contributed by atoms with Gasteiger partial charge < -0.3 is 4.52 Å². The molecule has 24 heavy (non-hydrogen) atoms. The van der Waals surface area contributed by atoms with Crippen molar-refractivity contribution in [2.45, 2.75) is 39.3 Å². The normalized spacial score (nSPS) is 15.0. The average Bonchev–Trinajstić information content (AvgIpc) is 3.22. The fourth-order valence-corrected chi connectivity index (χ4v) is 3.34. The van der Waals surface area contributed by atoms with Gasteiger partial charge in [-0.25, -0.2) is 0 Å². The zero-order valence-electron chi connectivity index (χ0n) is 14.1. The minimum atomic E-state index is 0.444. The van der Waals surface area contributed by atoms with E-state index in [1.807, 2.05) is 24.3 Å². The molecule has 0 amide bonds. The fourth-order valence-electron chi connectivity index (χ4n) is 3.34. The summed E-state index contributed by atoms with van der Waals surface area (Å²) in [5, 5.41) is 11.9. The summed E-state index contributed by atoms with van der Waals surface area (Å²) in [4.78, 5) is 2.40. The van der Waals surface area contributed by atoms with E-state index in [4.69, 9.17) is 4.52 Å². The maximum Gasteiger partial charge on any atom is 0.151 e. The minimum absolute atomic E-state index is 0.444. The third-order valence-electron chi connectivity index (χ3n) is 4.60. The molecule has 0 spiro atoms. The Labute approximate surface area is 141 Å². The zero-order chi connectivity index (χ0) is 16.5. The predicted molar refractivity (Wildman–Crippen MR) is 92.4 cm³/mol. The summed E-state index contributed by atoms with van der Waals surface area (Å²) in [7, 11) is 0. The molecule has 1 aliphatic heterocycles. The minimum Gasteiger partial charge on any atom is -0.359 e. The van der Waals surface area contributed by atoms with Gasteiger partial charge in [0, 0.05) is 42.4 Å². The largest absolute Gasteiger partial charge is 0.359 e. The van der Waals surface area contributed by atoms with Crippen molar-refractivity contribution >= 4 is 0 Å². The van der Waals surface area contributed by atoms with E-state index in [2.05, 4.69) is 46.2 Å². The van der Waals surface area contributed by atoms with Crippen LogP contribution in [0.25, 0.3) is 11.3 Å². The number of H-pyrrole nitrogens is 1. The molecule has 0 saturated carbocycles. The maximum atomic E-state index is 5.55. The number of nitrogens with zero attached hydrogens (tertiary/aromatic N) is 3. The first-order valence-electron chi connectivity index (χ1n) is 8.50. The van der Waals surface area contributed by atoms with E-state index < -0.39 is 0 Å². The molecule has 4 rings (SSSR count). The molecule has 0 bridgehead atoms. The van der Waals surface area contributed by atoms with Crippen LogP contribution >= 0.6 is 0 Å². The molecule has 3 aromatic rings. The van der Waals surface area contributed by atoms with Gasteiger partial charge >= 0.3 is 0 Å². The first-order chi connectivity index (χ1) is 11.7. The molecular weight excluding hydrogens is 300 g/mol. The lowest BCUT2D eigenvalue weighted by Gasteiger charge is -2.26. The molecule has 0 atom stereocenters. The van der Waals surface area contributed by atoms with Gasteiger partial charge in [0.25, 0.3) is 0 Å². The van der Waals surface area contributed by atoms with Crippen molar-refractivity contribution in [2.75, 3.05) is 6.54 Å². The smallest absolute Gasteiger partial charge is 0.151 e. The van der Waals surface area contributed by atoms with Crippen molar-refractivity contribution < 1.29 is 4.52 Å². The number of fused-ring (bicyclic) bond motifs is 1. The molecule has 5 heteroatoms. The van der Waals surface area contributed by atoms with Gasteiger partial charge in [-0.3, -0.25) is 10.00 Å². The summed E-state index contributed by atoms with van der Waals surface area (Å²) in [5.74, 6) is 1.35. The topological polar surface area (TPSA) is 58.0 Å². The molecule has 1 aromatic carbocycles. The number of aromatic amines is 1. The molecule has 0 unspecified atom stereocenters. The average molecular weight is 322 g/mol. The second-order valence-electron chi connectivity index (χ2n) is 6.73. The third kappa shape index (κ3) is 2.87. The van der Waals surface area contributed by atoms with Gasteiger partial charge in [0.1, 0.15) is 5.69 Å². The molecule has 2 aromatic heterocycles. The van der Waals surface area contributed by atoms with Gasteiger partial charge in [-0.05, 0) is 5.92 Å². The second-order valence-corrected chi connectivity index (χ2v) is 6.73. The number of hydrogen-bond donors (Lipinski definition) is 1. The van der Waals surface area contributed by atoms with Crippen LogP contribution in [0, 0.1) is 0 Å². The maximum absolute atomic E-state index is 5.55. The Morgan fingerprint density at radius 3 is 2.88 bits per heavy atom. The molecule has 5 nitrogen and oxygen atoms in total. The van der Waals surface area contributed by atoms with E-state index in [0.717, 1.165) is 43.1 Å². The van der Waals surface area contributed by atoms with Crippen LogP contribution in [0.4, 0.5) is 0 Å². The lowest BCUT2D eigenvalue weighted by molar-refractivity contribution is 0.213. The second kappa shape index (κ2) is 6.24. The van der Waals surface area contributed by atoms with Crippen LogP contribution in [0.1, 0.15) is 42.5 Å². The van der Waals surface area contributed by atoms with Gasteiger partial charge in [-0.2, -0.15) is 5.10 Å². The predicted octanol–water partition coefficient (Wildman–Crippen LogP) is 3.75. The molecule has 1 aliphatic rings. The molecular formula is C19H22N4O. The quantitative estimate of drug-likeness (QED) is 0.795. The Bertz CT molecular complexity index is 819. The molecule has 0 aliphatic carbocycles. The summed E-state index contributed by atoms with van der Waals surface area (Å²) >= 11 is 0. The van der Waals surface area contributed by atoms with Crippen LogP contribution in [0.15, 0.2) is 40.9 Å². The van der Waals surface area contributed by atoms with Crippen LogP contribution in [0.5, 0.6) is 0 Å². The third-order valence-corrected chi connectivity index (χ3v) is 4.60. The lowest BCUT2D eigenvalue weighted by atomic mass is 9.99. The zero-order valence-corrected chi connectivity index (χ0v) is 14.1. The summed E-state index contributed by atoms with van der Waals surface area (Å²) < 4.78 is 5.55. The van der Waals surface area contributed by atoms with Crippen molar-refractivity contribution in [2.24, 2.45) is 0 Å². The number of rotatable bonds is 4. The number of benzene rings is 1. The molecule has 124 valence electrons. The van der Waals surface area contributed by atoms with Crippen LogP contribution in [-0.4, -0.2) is 26.8 Å². The van der Waals surface area contributed by atoms with E-state index in [0.29, 0.717) is 5.92 Å². The van der Waals surface area contributed by atoms with Crippen molar-refractivity contribution in [1.82, 2.24) is 20.3 Å². The summed E-state index contributed by atoms with van der Waals surface area (Å²) in [5.41, 5.74) is 5.83. The molecule has 0 radical (unpaired) electrons. The summed E-state index contributed by atoms with van der Waals surface area (Å²) in [6.07, 6.45) is 1.01. The van der Waals surface area contributed by atoms with Crippen molar-refractivity contribution in [1.29, 1.82) is 0 Å². The highest BCUT2D eigenvalue weighted by molar-refractivity contribution is 5.58. The Balaban J connectivity index is 1.49. The van der Waals surface area contributed by atoms with E-state index in [-0.39, 0.29) is 0 Å². The van der Waals surface area contributed by atoms with E-state index >= 15 is 0 Å². The number of aromatic nitrogens is 3. The number of hydrogen-bond acceptors (Lipinski definition) is 4. The van der Waals surface area contributed by atoms with Crippen molar-refractivity contribution in [3.05, 3.63) is 59.1 Å². The van der Waals surface area contributed by atoms with Gasteiger partial charge in [0.05, 0.1) is 12.2 Å². The first-order valence-corrected chi connectivity index (χ1v) is 8.50. The van der Waals surface area contributed by atoms with Gasteiger partial charge in [0.2, 0.25) is 0 Å². The Morgan fingerprint density at radius 2 is 2.08 bits per heavy atom. The van der Waals surface area contributed by atoms with Crippen LogP contribution in [0.3, 0.4) is 0 Å². The van der Waals surface area contributed by atoms with Crippen molar-refractivity contribution in [3.63, 3.8) is 0 Å². The fraction of sp³-hybridized carbons (Fsp3) is 0.368. The van der Waals surface area contributed by atoms with Gasteiger partial charge in [0.15, 0.2) is 5.76 Å². The molecule has 1 N–H and O–H groups in total. The van der Waals surface area contributed by atoms with E-state index in [1.165, 1.54) is 17.0 Å². The Morgan fingerprint density at radius 1 is 1.25 bits per heavy atom. The van der Waals surface area contributed by atoms with Crippen molar-refractivity contribution in [3.8, 4) is 11.3 Å². The molecule has 0 fully saturated rings. The summed E-state index contributed by atoms with van der Waals surface area (Å²) in [6, 6.07) is 12.2. The summed E-state index contributed by atoms with van der Waals surface area (Å²) in [6.45, 7) is 7.09.